The summed E-state index contributed by atoms with van der Waals surface area (Å²) >= 11 is 0. The fourth-order valence-electron chi connectivity index (χ4n) is 4.84. The van der Waals surface area contributed by atoms with Crippen molar-refractivity contribution in [2.45, 2.75) is 26.5 Å². The van der Waals surface area contributed by atoms with Crippen molar-refractivity contribution in [3.63, 3.8) is 0 Å². The van der Waals surface area contributed by atoms with E-state index in [1.54, 1.807) is 30.3 Å². The van der Waals surface area contributed by atoms with Gasteiger partial charge in [-0.2, -0.15) is 4.98 Å². The second-order valence-electron chi connectivity index (χ2n) is 9.36. The van der Waals surface area contributed by atoms with Crippen LogP contribution in [0.3, 0.4) is 0 Å². The van der Waals surface area contributed by atoms with Crippen molar-refractivity contribution in [3.8, 4) is 5.95 Å². The van der Waals surface area contributed by atoms with E-state index in [1.165, 1.54) is 6.26 Å². The molecule has 3 aromatic heterocycles. The molecule has 0 saturated heterocycles. The molecular formula is C28H26BN5O5. The Morgan fingerprint density at radius 1 is 1.10 bits per heavy atom. The zero-order valence-electron chi connectivity index (χ0n) is 21.2. The fourth-order valence-corrected chi connectivity index (χ4v) is 4.84. The highest BCUT2D eigenvalue weighted by molar-refractivity contribution is 6.58. The average Bonchev–Trinajstić information content (AvgIpc) is 3.60. The number of furan rings is 1. The van der Waals surface area contributed by atoms with Gasteiger partial charge in [-0.3, -0.25) is 9.36 Å². The van der Waals surface area contributed by atoms with Crippen molar-refractivity contribution in [3.05, 3.63) is 95.2 Å². The number of rotatable bonds is 7. The lowest BCUT2D eigenvalue weighted by Crippen LogP contribution is -2.30. The Labute approximate surface area is 224 Å². The molecule has 196 valence electrons. The maximum Gasteiger partial charge on any atom is 0.488 e. The van der Waals surface area contributed by atoms with Crippen molar-refractivity contribution >= 4 is 40.9 Å². The minimum Gasteiger partial charge on any atom is -0.459 e. The minimum atomic E-state index is -1.53. The number of ether oxygens (including phenoxy) is 1. The van der Waals surface area contributed by atoms with Crippen molar-refractivity contribution < 1.29 is 24.0 Å². The highest BCUT2D eigenvalue weighted by atomic mass is 16.5. The van der Waals surface area contributed by atoms with E-state index in [0.717, 1.165) is 33.4 Å². The number of aromatic nitrogens is 3. The van der Waals surface area contributed by atoms with Gasteiger partial charge in [0.1, 0.15) is 5.82 Å². The molecule has 5 aromatic rings. The van der Waals surface area contributed by atoms with Crippen LogP contribution in [-0.2, 0) is 24.3 Å². The average molecular weight is 523 g/mol. The summed E-state index contributed by atoms with van der Waals surface area (Å²) in [5.41, 5.74) is 5.55. The van der Waals surface area contributed by atoms with Gasteiger partial charge < -0.3 is 29.8 Å². The molecule has 39 heavy (non-hydrogen) atoms. The minimum absolute atomic E-state index is 0.234. The zero-order chi connectivity index (χ0) is 26.9. The molecule has 2 aromatic carbocycles. The molecular weight excluding hydrogens is 497 g/mol. The molecule has 4 N–H and O–H groups in total. The van der Waals surface area contributed by atoms with E-state index in [4.69, 9.17) is 19.1 Å². The van der Waals surface area contributed by atoms with E-state index >= 15 is 0 Å². The quantitative estimate of drug-likeness (QED) is 0.239. The summed E-state index contributed by atoms with van der Waals surface area (Å²) in [4.78, 5) is 22.5. The fraction of sp³-hybridized carbons (Fsp3) is 0.179. The first-order chi connectivity index (χ1) is 19.0. The molecule has 4 heterocycles. The van der Waals surface area contributed by atoms with Crippen molar-refractivity contribution in [2.24, 2.45) is 0 Å². The topological polar surface area (TPSA) is 135 Å². The van der Waals surface area contributed by atoms with E-state index in [-0.39, 0.29) is 11.7 Å². The van der Waals surface area contributed by atoms with Crippen molar-refractivity contribution in [1.82, 2.24) is 14.5 Å². The van der Waals surface area contributed by atoms with Crippen LogP contribution in [0, 0.1) is 6.92 Å². The van der Waals surface area contributed by atoms with Crippen LogP contribution in [0.1, 0.15) is 33.1 Å². The van der Waals surface area contributed by atoms with Crippen molar-refractivity contribution in [2.75, 3.05) is 17.2 Å². The number of hydrogen-bond acceptors (Lipinski definition) is 8. The summed E-state index contributed by atoms with van der Waals surface area (Å²) in [6, 6.07) is 18.1. The monoisotopic (exact) mass is 523 g/mol. The third kappa shape index (κ3) is 4.90. The predicted molar refractivity (Wildman–Crippen MR) is 147 cm³/mol. The lowest BCUT2D eigenvalue weighted by Gasteiger charge is -2.21. The standard InChI is InChI=1S/C28H26BN5O5/c1-17-13-20-22(31-27(35)25-9-4-11-39-25)7-3-8-24(20)34(17)28-32-23-10-12-38-16-21(23)26(33-28)30-15-18-5-2-6-19(14-18)29(36)37/h2-9,11,13-14,36-37H,10,12,15-16H2,1H3,(H,31,35)(H,30,32,33). The number of nitrogens with one attached hydrogen (secondary N) is 2. The smallest absolute Gasteiger partial charge is 0.459 e. The highest BCUT2D eigenvalue weighted by Crippen LogP contribution is 2.31. The lowest BCUT2D eigenvalue weighted by atomic mass is 9.79. The summed E-state index contributed by atoms with van der Waals surface area (Å²) < 4.78 is 12.9. The number of fused-ring (bicyclic) bond motifs is 2. The maximum atomic E-state index is 12.6. The number of amides is 1. The number of hydrogen-bond donors (Lipinski definition) is 4. The molecule has 0 radical (unpaired) electrons. The van der Waals surface area contributed by atoms with Crippen LogP contribution in [0.2, 0.25) is 0 Å². The van der Waals surface area contributed by atoms with Gasteiger partial charge in [-0.05, 0) is 48.3 Å². The van der Waals surface area contributed by atoms with Gasteiger partial charge in [0.2, 0.25) is 5.95 Å². The van der Waals surface area contributed by atoms with E-state index < -0.39 is 7.12 Å². The Morgan fingerprint density at radius 3 is 2.79 bits per heavy atom. The second-order valence-corrected chi connectivity index (χ2v) is 9.36. The van der Waals surface area contributed by atoms with E-state index in [2.05, 4.69) is 10.6 Å². The summed E-state index contributed by atoms with van der Waals surface area (Å²) in [6.45, 7) is 3.38. The molecule has 0 aliphatic carbocycles. The van der Waals surface area contributed by atoms with Gasteiger partial charge in [-0.1, -0.05) is 30.3 Å². The molecule has 0 spiro atoms. The number of aryl methyl sites for hydroxylation is 1. The molecule has 10 nitrogen and oxygen atoms in total. The molecule has 11 heteroatoms. The Hall–Kier alpha value is -4.45. The van der Waals surface area contributed by atoms with Crippen LogP contribution in [0.5, 0.6) is 0 Å². The zero-order valence-corrected chi connectivity index (χ0v) is 21.2. The summed E-state index contributed by atoms with van der Waals surface area (Å²) in [5.74, 6) is 1.08. The first kappa shape index (κ1) is 24.9. The van der Waals surface area contributed by atoms with Gasteiger partial charge in [0.25, 0.3) is 5.91 Å². The first-order valence-corrected chi connectivity index (χ1v) is 12.6. The molecule has 1 aliphatic heterocycles. The van der Waals surface area contributed by atoms with Crippen LogP contribution in [-0.4, -0.2) is 44.2 Å². The van der Waals surface area contributed by atoms with E-state index in [1.807, 2.05) is 41.8 Å². The molecule has 0 unspecified atom stereocenters. The summed E-state index contributed by atoms with van der Waals surface area (Å²) in [5, 5.41) is 26.3. The molecule has 1 amide bonds. The third-order valence-corrected chi connectivity index (χ3v) is 6.74. The lowest BCUT2D eigenvalue weighted by molar-refractivity contribution is 0.0996. The Morgan fingerprint density at radius 2 is 1.97 bits per heavy atom. The second kappa shape index (κ2) is 10.4. The Kier molecular flexibility index (Phi) is 6.61. The largest absolute Gasteiger partial charge is 0.488 e. The van der Waals surface area contributed by atoms with Crippen LogP contribution < -0.4 is 16.1 Å². The molecule has 0 saturated carbocycles. The number of carbonyl (C=O) groups excluding carboxylic acids is 1. The van der Waals surface area contributed by atoms with Gasteiger partial charge in [-0.25, -0.2) is 4.98 Å². The SMILES string of the molecule is Cc1cc2c(NC(=O)c3ccco3)cccc2n1-c1nc2c(c(NCc3cccc(B(O)O)c3)n1)COCC2. The number of carbonyl (C=O) groups is 1. The highest BCUT2D eigenvalue weighted by Gasteiger charge is 2.22. The van der Waals surface area contributed by atoms with Gasteiger partial charge in [0, 0.05) is 29.6 Å². The summed E-state index contributed by atoms with van der Waals surface area (Å²) in [6.07, 6.45) is 2.13. The van der Waals surface area contributed by atoms with Gasteiger partial charge in [0.05, 0.1) is 36.4 Å². The molecule has 1 aliphatic rings. The summed E-state index contributed by atoms with van der Waals surface area (Å²) in [7, 11) is -1.53. The Bertz CT molecular complexity index is 1660. The number of benzene rings is 2. The maximum absolute atomic E-state index is 12.6. The Balaban J connectivity index is 1.37. The van der Waals surface area contributed by atoms with Crippen LogP contribution in [0.15, 0.2) is 71.3 Å². The number of nitrogens with zero attached hydrogens (tertiary/aromatic N) is 3. The van der Waals surface area contributed by atoms with E-state index in [0.29, 0.717) is 49.1 Å². The van der Waals surface area contributed by atoms with Gasteiger partial charge in [-0.15, -0.1) is 0 Å². The van der Waals surface area contributed by atoms with Crippen LogP contribution >= 0.6 is 0 Å². The van der Waals surface area contributed by atoms with E-state index in [9.17, 15) is 14.8 Å². The normalized spacial score (nSPS) is 12.8. The van der Waals surface area contributed by atoms with Crippen LogP contribution in [0.4, 0.5) is 11.5 Å². The third-order valence-electron chi connectivity index (χ3n) is 6.74. The molecule has 0 fully saturated rings. The molecule has 0 atom stereocenters. The van der Waals surface area contributed by atoms with Crippen LogP contribution in [0.25, 0.3) is 16.9 Å². The predicted octanol–water partition coefficient (Wildman–Crippen LogP) is 2.94. The van der Waals surface area contributed by atoms with Gasteiger partial charge >= 0.3 is 7.12 Å². The van der Waals surface area contributed by atoms with Gasteiger partial charge in [0.15, 0.2) is 5.76 Å². The molecule has 0 bridgehead atoms. The molecule has 6 rings (SSSR count). The number of anilines is 2. The first-order valence-electron chi connectivity index (χ1n) is 12.6. The van der Waals surface area contributed by atoms with Crippen molar-refractivity contribution in [1.29, 1.82) is 0 Å².